The molecule has 2 nitrogen and oxygen atoms in total. The Hall–Kier alpha value is -5.04. The molecule has 8 rings (SSSR count). The van der Waals surface area contributed by atoms with Crippen molar-refractivity contribution in [2.75, 3.05) is 0 Å². The molecule has 7 aromatic carbocycles. The highest BCUT2D eigenvalue weighted by atomic mass is 31.1. The zero-order chi connectivity index (χ0) is 29.3. The van der Waals surface area contributed by atoms with Gasteiger partial charge in [-0.3, -0.25) is 5.01 Å². The first kappa shape index (κ1) is 26.6. The van der Waals surface area contributed by atoms with Gasteiger partial charge in [0, 0.05) is 5.56 Å². The molecule has 0 saturated carbocycles. The van der Waals surface area contributed by atoms with Crippen molar-refractivity contribution in [2.45, 2.75) is 13.1 Å². The largest absolute Gasteiger partial charge is 0.288 e. The van der Waals surface area contributed by atoms with Gasteiger partial charge in [0.15, 0.2) is 0 Å². The molecule has 1 heterocycles. The molecule has 0 N–H and O–H groups in total. The Balaban J connectivity index is 1.24. The second kappa shape index (κ2) is 11.6. The molecule has 0 radical (unpaired) electrons. The Morgan fingerprint density at radius 3 is 1.52 bits per heavy atom. The van der Waals surface area contributed by atoms with Crippen LogP contribution in [0.2, 0.25) is 0 Å². The minimum atomic E-state index is -0.735. The molecule has 0 atom stereocenters. The van der Waals surface area contributed by atoms with Gasteiger partial charge in [-0.1, -0.05) is 158 Å². The van der Waals surface area contributed by atoms with E-state index >= 15 is 0 Å². The van der Waals surface area contributed by atoms with Crippen LogP contribution in [0.25, 0.3) is 32.7 Å². The third-order valence-electron chi connectivity index (χ3n) is 8.55. The van der Waals surface area contributed by atoms with Gasteiger partial charge < -0.3 is 0 Å². The van der Waals surface area contributed by atoms with E-state index in [2.05, 4.69) is 169 Å². The average Bonchev–Trinajstić information content (AvgIpc) is 3.26. The number of benzene rings is 7. The molecule has 7 aromatic rings. The Bertz CT molecular complexity index is 2010. The lowest BCUT2D eigenvalue weighted by atomic mass is 9.88. The van der Waals surface area contributed by atoms with E-state index < -0.39 is 7.92 Å². The first-order valence-corrected chi connectivity index (χ1v) is 16.5. The molecule has 0 bridgehead atoms. The maximum Gasteiger partial charge on any atom is 0.0620 e. The van der Waals surface area contributed by atoms with E-state index in [4.69, 9.17) is 5.10 Å². The van der Waals surface area contributed by atoms with Crippen LogP contribution in [0.15, 0.2) is 163 Å². The summed E-state index contributed by atoms with van der Waals surface area (Å²) in [7, 11) is -0.735. The SMILES string of the molecule is C(=N\N1Cc2ccc3ccccc3c2-c2c(ccc3ccccc23)C1)/c1ccccc1P(c1ccccc1)c1ccccc1. The zero-order valence-corrected chi connectivity index (χ0v) is 25.2. The summed E-state index contributed by atoms with van der Waals surface area (Å²) in [6.45, 7) is 1.49. The van der Waals surface area contributed by atoms with E-state index in [1.165, 1.54) is 59.7 Å². The van der Waals surface area contributed by atoms with Crippen molar-refractivity contribution < 1.29 is 0 Å². The van der Waals surface area contributed by atoms with Gasteiger partial charge in [-0.15, -0.1) is 0 Å². The van der Waals surface area contributed by atoms with Gasteiger partial charge in [-0.25, -0.2) is 0 Å². The highest BCUT2D eigenvalue weighted by Crippen LogP contribution is 2.42. The Morgan fingerprint density at radius 1 is 0.477 bits per heavy atom. The topological polar surface area (TPSA) is 15.6 Å². The summed E-state index contributed by atoms with van der Waals surface area (Å²) < 4.78 is 0. The van der Waals surface area contributed by atoms with Crippen molar-refractivity contribution in [1.29, 1.82) is 0 Å². The third-order valence-corrected chi connectivity index (χ3v) is 11.1. The molecule has 3 heteroatoms. The van der Waals surface area contributed by atoms with Crippen LogP contribution in [-0.4, -0.2) is 11.2 Å². The van der Waals surface area contributed by atoms with Gasteiger partial charge in [0.1, 0.15) is 0 Å². The lowest BCUT2D eigenvalue weighted by molar-refractivity contribution is 0.276. The molecule has 0 aromatic heterocycles. The fraction of sp³-hybridized carbons (Fsp3) is 0.0488. The van der Waals surface area contributed by atoms with Gasteiger partial charge >= 0.3 is 0 Å². The minimum absolute atomic E-state index is 0.735. The maximum atomic E-state index is 5.22. The average molecular weight is 583 g/mol. The summed E-state index contributed by atoms with van der Waals surface area (Å²) in [5.41, 5.74) is 6.45. The molecule has 1 aliphatic heterocycles. The van der Waals surface area contributed by atoms with Crippen LogP contribution in [-0.2, 0) is 13.1 Å². The normalized spacial score (nSPS) is 12.9. The van der Waals surface area contributed by atoms with E-state index in [0.717, 1.165) is 18.7 Å². The van der Waals surface area contributed by atoms with Gasteiger partial charge in [0.25, 0.3) is 0 Å². The van der Waals surface area contributed by atoms with Gasteiger partial charge in [0.05, 0.1) is 19.3 Å². The molecule has 0 unspecified atom stereocenters. The van der Waals surface area contributed by atoms with Gasteiger partial charge in [0.2, 0.25) is 0 Å². The van der Waals surface area contributed by atoms with Gasteiger partial charge in [-0.05, 0) is 67.6 Å². The second-order valence-corrected chi connectivity index (χ2v) is 13.5. The van der Waals surface area contributed by atoms with Crippen molar-refractivity contribution in [3.05, 3.63) is 174 Å². The number of fused-ring (bicyclic) bond motifs is 7. The maximum absolute atomic E-state index is 5.22. The van der Waals surface area contributed by atoms with Crippen LogP contribution in [0, 0.1) is 0 Å². The van der Waals surface area contributed by atoms with E-state index in [-0.39, 0.29) is 0 Å². The Kier molecular flexibility index (Phi) is 6.99. The minimum Gasteiger partial charge on any atom is -0.288 e. The quantitative estimate of drug-likeness (QED) is 0.146. The van der Waals surface area contributed by atoms with Crippen LogP contribution >= 0.6 is 7.92 Å². The lowest BCUT2D eigenvalue weighted by Crippen LogP contribution is -2.23. The third kappa shape index (κ3) is 4.88. The number of nitrogens with zero attached hydrogens (tertiary/aromatic N) is 2. The van der Waals surface area contributed by atoms with Crippen molar-refractivity contribution >= 4 is 51.6 Å². The van der Waals surface area contributed by atoms with Crippen molar-refractivity contribution in [2.24, 2.45) is 5.10 Å². The van der Waals surface area contributed by atoms with E-state index in [1.807, 2.05) is 0 Å². The monoisotopic (exact) mass is 582 g/mol. The van der Waals surface area contributed by atoms with Crippen molar-refractivity contribution in [3.63, 3.8) is 0 Å². The van der Waals surface area contributed by atoms with E-state index in [0.29, 0.717) is 0 Å². The predicted octanol–water partition coefficient (Wildman–Crippen LogP) is 8.77. The summed E-state index contributed by atoms with van der Waals surface area (Å²) in [4.78, 5) is 0. The fourth-order valence-electron chi connectivity index (χ4n) is 6.54. The summed E-state index contributed by atoms with van der Waals surface area (Å²) in [6, 6.07) is 57.2. The second-order valence-electron chi connectivity index (χ2n) is 11.3. The van der Waals surface area contributed by atoms with Crippen LogP contribution in [0.1, 0.15) is 16.7 Å². The van der Waals surface area contributed by atoms with E-state index in [1.54, 1.807) is 0 Å². The summed E-state index contributed by atoms with van der Waals surface area (Å²) in [6.07, 6.45) is 2.09. The Morgan fingerprint density at radius 2 is 0.955 bits per heavy atom. The fourth-order valence-corrected chi connectivity index (χ4v) is 8.96. The summed E-state index contributed by atoms with van der Waals surface area (Å²) >= 11 is 0. The molecule has 0 amide bonds. The molecule has 1 aliphatic rings. The summed E-state index contributed by atoms with van der Waals surface area (Å²) in [5, 5.41) is 16.6. The Labute approximate surface area is 259 Å². The van der Waals surface area contributed by atoms with Crippen LogP contribution in [0.3, 0.4) is 0 Å². The highest BCUT2D eigenvalue weighted by Gasteiger charge is 2.23. The highest BCUT2D eigenvalue weighted by molar-refractivity contribution is 7.80. The van der Waals surface area contributed by atoms with E-state index in [9.17, 15) is 0 Å². The first-order chi connectivity index (χ1) is 21.8. The van der Waals surface area contributed by atoms with Crippen molar-refractivity contribution in [3.8, 4) is 11.1 Å². The lowest BCUT2D eigenvalue weighted by Gasteiger charge is -2.22. The molecule has 44 heavy (non-hydrogen) atoms. The number of hydrogen-bond donors (Lipinski definition) is 0. The first-order valence-electron chi connectivity index (χ1n) is 15.1. The van der Waals surface area contributed by atoms with Crippen molar-refractivity contribution in [1.82, 2.24) is 5.01 Å². The molecular formula is C41H31N2P. The number of hydrogen-bond acceptors (Lipinski definition) is 2. The standard InChI is InChI=1S/C41H31N2P/c1-3-16-35(17-4-1)44(36-18-5-2-6-19-36)39-22-12-9-15-32(39)27-42-43-28-33-25-23-30-13-7-10-20-37(30)40(33)41-34(29-43)26-24-31-14-8-11-21-38(31)41/h1-27H,28-29H2/b42-27+. The molecule has 0 fully saturated rings. The predicted molar refractivity (Wildman–Crippen MR) is 189 cm³/mol. The van der Waals surface area contributed by atoms with Gasteiger partial charge in [-0.2, -0.15) is 5.10 Å². The smallest absolute Gasteiger partial charge is 0.0620 e. The number of rotatable bonds is 5. The molecule has 210 valence electrons. The van der Waals surface area contributed by atoms with Crippen LogP contribution < -0.4 is 15.9 Å². The molecule has 0 aliphatic carbocycles. The zero-order valence-electron chi connectivity index (χ0n) is 24.3. The van der Waals surface area contributed by atoms with Crippen LogP contribution in [0.5, 0.6) is 0 Å². The number of hydrazone groups is 1. The van der Waals surface area contributed by atoms with Crippen LogP contribution in [0.4, 0.5) is 0 Å². The summed E-state index contributed by atoms with van der Waals surface area (Å²) in [5.74, 6) is 0. The molecule has 0 saturated heterocycles. The molecular weight excluding hydrogens is 551 g/mol. The molecule has 0 spiro atoms.